The zero-order chi connectivity index (χ0) is 28.2. The van der Waals surface area contributed by atoms with Gasteiger partial charge in [-0.3, -0.25) is 14.4 Å². The summed E-state index contributed by atoms with van der Waals surface area (Å²) in [6, 6.07) is 10.9. The summed E-state index contributed by atoms with van der Waals surface area (Å²) in [5.74, 6) is -3.01. The molecule has 0 heterocycles. The van der Waals surface area contributed by atoms with Gasteiger partial charge in [0.05, 0.1) is 6.04 Å². The maximum atomic E-state index is 13.1. The number of carboxylic acids is 1. The van der Waals surface area contributed by atoms with Gasteiger partial charge in [0, 0.05) is 12.2 Å². The average molecular weight is 545 g/mol. The third kappa shape index (κ3) is 10.1. The molecule has 0 saturated heterocycles. The first kappa shape index (κ1) is 30.7. The van der Waals surface area contributed by atoms with Gasteiger partial charge in [-0.1, -0.05) is 56.3 Å². The molecule has 0 fully saturated rings. The molecule has 11 heteroatoms. The van der Waals surface area contributed by atoms with Crippen LogP contribution in [0.1, 0.15) is 31.4 Å². The molecule has 0 spiro atoms. The highest BCUT2D eigenvalue weighted by atomic mass is 32.1. The van der Waals surface area contributed by atoms with Gasteiger partial charge < -0.3 is 31.9 Å². The van der Waals surface area contributed by atoms with Crippen molar-refractivity contribution in [3.05, 3.63) is 65.7 Å². The topological polar surface area (TPSA) is 171 Å². The molecule has 0 radical (unpaired) electrons. The number of hydrogen-bond donors (Lipinski definition) is 7. The fourth-order valence-electron chi connectivity index (χ4n) is 3.75. The summed E-state index contributed by atoms with van der Waals surface area (Å²) in [6.45, 7) is 3.76. The number of rotatable bonds is 14. The van der Waals surface area contributed by atoms with E-state index in [1.165, 1.54) is 12.1 Å². The Kier molecular flexibility index (Phi) is 12.1. The van der Waals surface area contributed by atoms with Crippen molar-refractivity contribution in [1.29, 1.82) is 0 Å². The molecule has 206 valence electrons. The van der Waals surface area contributed by atoms with Crippen molar-refractivity contribution in [1.82, 2.24) is 16.0 Å². The first-order valence-corrected chi connectivity index (χ1v) is 13.0. The van der Waals surface area contributed by atoms with Crippen molar-refractivity contribution >= 4 is 36.3 Å². The van der Waals surface area contributed by atoms with E-state index in [-0.39, 0.29) is 36.7 Å². The second-order valence-corrected chi connectivity index (χ2v) is 9.87. The normalized spacial score (nSPS) is 14.1. The minimum Gasteiger partial charge on any atom is -0.508 e. The summed E-state index contributed by atoms with van der Waals surface area (Å²) in [4.78, 5) is 50.5. The molecule has 38 heavy (non-hydrogen) atoms. The molecule has 7 N–H and O–H groups in total. The quantitative estimate of drug-likeness (QED) is 0.174. The van der Waals surface area contributed by atoms with Crippen LogP contribution in [0.3, 0.4) is 0 Å². The van der Waals surface area contributed by atoms with Crippen LogP contribution in [0.4, 0.5) is 0 Å². The first-order chi connectivity index (χ1) is 18.0. The fraction of sp³-hybridized carbons (Fsp3) is 0.407. The summed E-state index contributed by atoms with van der Waals surface area (Å²) in [5.41, 5.74) is 7.52. The van der Waals surface area contributed by atoms with Crippen molar-refractivity contribution in [2.24, 2.45) is 11.7 Å². The SMILES string of the molecule is CC(C)CC(NC(=O)C(N)Cc1ccc(O)cc1)C(=O)NC(CS)C(=O)NC(Cc1ccccc1)C(=O)O. The second kappa shape index (κ2) is 15.0. The molecular formula is C27H36N4O6S. The van der Waals surface area contributed by atoms with Gasteiger partial charge in [-0.05, 0) is 42.0 Å². The molecule has 0 bridgehead atoms. The number of carboxylic acid groups (broad SMARTS) is 1. The standard InChI is InChI=1S/C27H36N4O6S/c1-16(2)12-21(29-24(33)20(28)13-18-8-10-19(32)11-9-18)25(34)31-23(15-38)26(35)30-22(27(36)37)14-17-6-4-3-5-7-17/h3-11,16,20-23,32,38H,12-15,28H2,1-2H3,(H,29,33)(H,30,35)(H,31,34)(H,36,37). The predicted octanol–water partition coefficient (Wildman–Crippen LogP) is 1.02. The Labute approximate surface area is 227 Å². The zero-order valence-corrected chi connectivity index (χ0v) is 22.4. The Morgan fingerprint density at radius 2 is 1.32 bits per heavy atom. The first-order valence-electron chi connectivity index (χ1n) is 12.3. The molecule has 4 atom stereocenters. The molecule has 2 aromatic carbocycles. The number of hydrogen-bond acceptors (Lipinski definition) is 7. The van der Waals surface area contributed by atoms with Crippen LogP contribution in [0.15, 0.2) is 54.6 Å². The van der Waals surface area contributed by atoms with Crippen LogP contribution in [0.25, 0.3) is 0 Å². The smallest absolute Gasteiger partial charge is 0.326 e. The Hall–Kier alpha value is -3.57. The number of benzene rings is 2. The molecule has 0 aromatic heterocycles. The predicted molar refractivity (Wildman–Crippen MR) is 147 cm³/mol. The van der Waals surface area contributed by atoms with Gasteiger partial charge in [-0.25, -0.2) is 4.79 Å². The maximum Gasteiger partial charge on any atom is 0.326 e. The summed E-state index contributed by atoms with van der Waals surface area (Å²) in [7, 11) is 0. The van der Waals surface area contributed by atoms with Crippen LogP contribution < -0.4 is 21.7 Å². The maximum absolute atomic E-state index is 13.1. The van der Waals surface area contributed by atoms with E-state index in [1.54, 1.807) is 42.5 Å². The molecule has 3 amide bonds. The monoisotopic (exact) mass is 544 g/mol. The minimum atomic E-state index is -1.21. The van der Waals surface area contributed by atoms with Crippen molar-refractivity contribution in [3.8, 4) is 5.75 Å². The minimum absolute atomic E-state index is 0.0323. The van der Waals surface area contributed by atoms with Gasteiger partial charge in [0.2, 0.25) is 17.7 Å². The van der Waals surface area contributed by atoms with Crippen LogP contribution in [-0.2, 0) is 32.0 Å². The lowest BCUT2D eigenvalue weighted by Gasteiger charge is -2.25. The van der Waals surface area contributed by atoms with E-state index >= 15 is 0 Å². The number of phenolic OH excluding ortho intramolecular Hbond substituents is 1. The van der Waals surface area contributed by atoms with E-state index < -0.39 is 47.9 Å². The van der Waals surface area contributed by atoms with E-state index in [4.69, 9.17) is 5.73 Å². The number of carbonyl (C=O) groups excluding carboxylic acids is 3. The second-order valence-electron chi connectivity index (χ2n) is 9.50. The molecule has 0 saturated carbocycles. The van der Waals surface area contributed by atoms with E-state index in [1.807, 2.05) is 13.8 Å². The molecule has 2 aromatic rings. The molecule has 10 nitrogen and oxygen atoms in total. The number of carbonyl (C=O) groups is 4. The van der Waals surface area contributed by atoms with Crippen molar-refractivity contribution in [2.75, 3.05) is 5.75 Å². The highest BCUT2D eigenvalue weighted by molar-refractivity contribution is 7.80. The van der Waals surface area contributed by atoms with Crippen LogP contribution in [0.5, 0.6) is 5.75 Å². The van der Waals surface area contributed by atoms with Crippen molar-refractivity contribution < 1.29 is 29.4 Å². The zero-order valence-electron chi connectivity index (χ0n) is 21.5. The lowest BCUT2D eigenvalue weighted by molar-refractivity contribution is -0.142. The Bertz CT molecular complexity index is 1080. The molecular weight excluding hydrogens is 508 g/mol. The van der Waals surface area contributed by atoms with Gasteiger partial charge in [-0.15, -0.1) is 0 Å². The van der Waals surface area contributed by atoms with Gasteiger partial charge >= 0.3 is 5.97 Å². The van der Waals surface area contributed by atoms with Crippen LogP contribution in [0, 0.1) is 5.92 Å². The Morgan fingerprint density at radius 3 is 1.87 bits per heavy atom. The third-order valence-corrected chi connectivity index (χ3v) is 6.15. The molecule has 2 rings (SSSR count). The number of aromatic hydroxyl groups is 1. The highest BCUT2D eigenvalue weighted by Gasteiger charge is 2.30. The van der Waals surface area contributed by atoms with E-state index in [0.717, 1.165) is 11.1 Å². The van der Waals surface area contributed by atoms with E-state index in [9.17, 15) is 29.4 Å². The van der Waals surface area contributed by atoms with Gasteiger partial charge in [-0.2, -0.15) is 12.6 Å². The number of amides is 3. The number of phenols is 1. The van der Waals surface area contributed by atoms with Crippen molar-refractivity contribution in [2.45, 2.75) is 57.3 Å². The molecule has 0 aliphatic carbocycles. The largest absolute Gasteiger partial charge is 0.508 e. The average Bonchev–Trinajstić information content (AvgIpc) is 2.87. The number of nitrogens with one attached hydrogen (secondary N) is 3. The van der Waals surface area contributed by atoms with Gasteiger partial charge in [0.25, 0.3) is 0 Å². The lowest BCUT2D eigenvalue weighted by Crippen LogP contribution is -2.58. The summed E-state index contributed by atoms with van der Waals surface area (Å²) in [5, 5.41) is 26.7. The third-order valence-electron chi connectivity index (χ3n) is 5.78. The number of nitrogens with two attached hydrogens (primary N) is 1. The number of aliphatic carboxylic acids is 1. The summed E-state index contributed by atoms with van der Waals surface area (Å²) < 4.78 is 0. The van der Waals surface area contributed by atoms with E-state index in [2.05, 4.69) is 28.6 Å². The van der Waals surface area contributed by atoms with Gasteiger partial charge in [0.15, 0.2) is 0 Å². The van der Waals surface area contributed by atoms with Crippen LogP contribution >= 0.6 is 12.6 Å². The molecule has 0 aliphatic heterocycles. The van der Waals surface area contributed by atoms with Crippen LogP contribution in [-0.4, -0.2) is 63.8 Å². The van der Waals surface area contributed by atoms with E-state index in [0.29, 0.717) is 0 Å². The summed E-state index contributed by atoms with van der Waals surface area (Å²) >= 11 is 4.16. The molecule has 4 unspecified atom stereocenters. The Morgan fingerprint density at radius 1 is 0.789 bits per heavy atom. The Balaban J connectivity index is 2.04. The summed E-state index contributed by atoms with van der Waals surface area (Å²) in [6.07, 6.45) is 0.554. The van der Waals surface area contributed by atoms with Gasteiger partial charge in [0.1, 0.15) is 23.9 Å². The van der Waals surface area contributed by atoms with Crippen LogP contribution in [0.2, 0.25) is 0 Å². The van der Waals surface area contributed by atoms with Crippen molar-refractivity contribution in [3.63, 3.8) is 0 Å². The highest BCUT2D eigenvalue weighted by Crippen LogP contribution is 2.12. The fourth-order valence-corrected chi connectivity index (χ4v) is 4.01. The molecule has 0 aliphatic rings. The lowest BCUT2D eigenvalue weighted by atomic mass is 10.0. The number of thiol groups is 1.